The van der Waals surface area contributed by atoms with Crippen LogP contribution >= 0.6 is 0 Å². The van der Waals surface area contributed by atoms with E-state index in [0.717, 1.165) is 16.7 Å². The van der Waals surface area contributed by atoms with E-state index in [1.54, 1.807) is 13.3 Å². The fraction of sp³-hybridized carbons (Fsp3) is 0.111. The number of hydrogen-bond donors (Lipinski definition) is 1. The van der Waals surface area contributed by atoms with Gasteiger partial charge in [0.2, 0.25) is 0 Å². The van der Waals surface area contributed by atoms with Crippen LogP contribution in [0.1, 0.15) is 5.56 Å². The summed E-state index contributed by atoms with van der Waals surface area (Å²) in [6, 6.07) is 5.73. The van der Waals surface area contributed by atoms with Crippen LogP contribution in [-0.4, -0.2) is 18.2 Å². The first-order chi connectivity index (χ1) is 6.40. The summed E-state index contributed by atoms with van der Waals surface area (Å²) in [6.45, 7) is 0. The van der Waals surface area contributed by atoms with Crippen molar-refractivity contribution >= 4 is 17.3 Å². The molecule has 13 heavy (non-hydrogen) atoms. The zero-order chi connectivity index (χ0) is 9.10. The van der Waals surface area contributed by atoms with Gasteiger partial charge in [0.25, 0.3) is 0 Å². The summed E-state index contributed by atoms with van der Waals surface area (Å²) in [4.78, 5) is 4.01. The van der Waals surface area contributed by atoms with Gasteiger partial charge in [0.05, 0.1) is 6.21 Å². The molecule has 4 nitrogen and oxygen atoms in total. The van der Waals surface area contributed by atoms with Crippen molar-refractivity contribution < 1.29 is 4.42 Å². The van der Waals surface area contributed by atoms with E-state index in [2.05, 4.69) is 15.5 Å². The minimum atomic E-state index is 0.778. The van der Waals surface area contributed by atoms with Gasteiger partial charge < -0.3 is 9.84 Å². The van der Waals surface area contributed by atoms with Crippen molar-refractivity contribution in [1.29, 1.82) is 0 Å². The Morgan fingerprint density at radius 3 is 3.31 bits per heavy atom. The summed E-state index contributed by atoms with van der Waals surface area (Å²) >= 11 is 0. The highest BCUT2D eigenvalue weighted by molar-refractivity contribution is 5.85. The monoisotopic (exact) mass is 175 g/mol. The molecule has 0 spiro atoms. The summed E-state index contributed by atoms with van der Waals surface area (Å²) in [5.74, 6) is 0. The van der Waals surface area contributed by atoms with Gasteiger partial charge in [0.1, 0.15) is 5.52 Å². The largest absolute Gasteiger partial charge is 0.443 e. The van der Waals surface area contributed by atoms with Gasteiger partial charge in [-0.3, -0.25) is 0 Å². The van der Waals surface area contributed by atoms with E-state index in [4.69, 9.17) is 4.42 Å². The number of hydrazone groups is 1. The van der Waals surface area contributed by atoms with Gasteiger partial charge in [0.15, 0.2) is 12.0 Å². The molecule has 4 heteroatoms. The Balaban J connectivity index is 2.42. The van der Waals surface area contributed by atoms with E-state index in [9.17, 15) is 0 Å². The van der Waals surface area contributed by atoms with Crippen molar-refractivity contribution in [3.63, 3.8) is 0 Å². The molecule has 0 atom stereocenters. The molecule has 0 saturated heterocycles. The van der Waals surface area contributed by atoms with E-state index in [0.29, 0.717) is 0 Å². The van der Waals surface area contributed by atoms with Crippen LogP contribution in [-0.2, 0) is 0 Å². The topological polar surface area (TPSA) is 50.4 Å². The summed E-state index contributed by atoms with van der Waals surface area (Å²) in [6.07, 6.45) is 3.16. The molecular formula is C9H9N3O. The van der Waals surface area contributed by atoms with Crippen LogP contribution in [0.15, 0.2) is 34.1 Å². The van der Waals surface area contributed by atoms with Crippen molar-refractivity contribution in [2.75, 3.05) is 7.05 Å². The van der Waals surface area contributed by atoms with Gasteiger partial charge in [-0.1, -0.05) is 6.07 Å². The molecule has 0 aliphatic heterocycles. The summed E-state index contributed by atoms with van der Waals surface area (Å²) < 4.78 is 5.15. The zero-order valence-corrected chi connectivity index (χ0v) is 7.19. The standard InChI is InChI=1S/C9H9N3O/c1-10-12-5-7-2-3-8-9(4-7)13-6-11-8/h2-6,10H,1H3/b12-5+. The first-order valence-corrected chi connectivity index (χ1v) is 3.93. The molecule has 0 aliphatic rings. The predicted molar refractivity (Wildman–Crippen MR) is 50.7 cm³/mol. The van der Waals surface area contributed by atoms with Crippen LogP contribution < -0.4 is 5.43 Å². The SMILES string of the molecule is CN/N=C/c1ccc2ncoc2c1. The number of nitrogens with one attached hydrogen (secondary N) is 1. The van der Waals surface area contributed by atoms with Gasteiger partial charge in [-0.2, -0.15) is 5.10 Å². The van der Waals surface area contributed by atoms with E-state index >= 15 is 0 Å². The van der Waals surface area contributed by atoms with E-state index in [1.165, 1.54) is 6.39 Å². The second kappa shape index (κ2) is 3.26. The maximum absolute atomic E-state index is 5.15. The lowest BCUT2D eigenvalue weighted by Gasteiger charge is -1.91. The molecule has 2 rings (SSSR count). The van der Waals surface area contributed by atoms with Crippen molar-refractivity contribution in [2.24, 2.45) is 5.10 Å². The van der Waals surface area contributed by atoms with Crippen LogP contribution in [0.5, 0.6) is 0 Å². The second-order valence-corrected chi connectivity index (χ2v) is 2.56. The Labute approximate surface area is 75.3 Å². The minimum absolute atomic E-state index is 0.778. The Morgan fingerprint density at radius 1 is 1.54 bits per heavy atom. The molecule has 2 aromatic rings. The highest BCUT2D eigenvalue weighted by atomic mass is 16.3. The number of hydrogen-bond acceptors (Lipinski definition) is 4. The van der Waals surface area contributed by atoms with Crippen LogP contribution in [0, 0.1) is 0 Å². The molecule has 1 heterocycles. The third-order valence-electron chi connectivity index (χ3n) is 1.70. The molecule has 0 aliphatic carbocycles. The molecular weight excluding hydrogens is 166 g/mol. The zero-order valence-electron chi connectivity index (χ0n) is 7.19. The van der Waals surface area contributed by atoms with Crippen molar-refractivity contribution in [1.82, 2.24) is 10.4 Å². The van der Waals surface area contributed by atoms with Gasteiger partial charge in [0, 0.05) is 7.05 Å². The third kappa shape index (κ3) is 1.51. The van der Waals surface area contributed by atoms with Crippen LogP contribution in [0.2, 0.25) is 0 Å². The second-order valence-electron chi connectivity index (χ2n) is 2.56. The quantitative estimate of drug-likeness (QED) is 0.554. The highest BCUT2D eigenvalue weighted by Crippen LogP contribution is 2.12. The average Bonchev–Trinajstić information content (AvgIpc) is 2.61. The van der Waals surface area contributed by atoms with Gasteiger partial charge in [-0.25, -0.2) is 4.98 Å². The van der Waals surface area contributed by atoms with Gasteiger partial charge in [-0.15, -0.1) is 0 Å². The third-order valence-corrected chi connectivity index (χ3v) is 1.70. The lowest BCUT2D eigenvalue weighted by Crippen LogP contribution is -1.94. The van der Waals surface area contributed by atoms with E-state index in [1.807, 2.05) is 18.2 Å². The van der Waals surface area contributed by atoms with E-state index < -0.39 is 0 Å². The molecule has 0 fully saturated rings. The molecule has 0 amide bonds. The predicted octanol–water partition coefficient (Wildman–Crippen LogP) is 1.38. The summed E-state index contributed by atoms with van der Waals surface area (Å²) in [5, 5.41) is 3.90. The molecule has 0 saturated carbocycles. The van der Waals surface area contributed by atoms with E-state index in [-0.39, 0.29) is 0 Å². The first kappa shape index (κ1) is 7.79. The summed E-state index contributed by atoms with van der Waals surface area (Å²) in [5.41, 5.74) is 5.31. The lowest BCUT2D eigenvalue weighted by molar-refractivity contribution is 0.602. The fourth-order valence-electron chi connectivity index (χ4n) is 1.09. The van der Waals surface area contributed by atoms with Gasteiger partial charge >= 0.3 is 0 Å². The molecule has 1 N–H and O–H groups in total. The average molecular weight is 175 g/mol. The van der Waals surface area contributed by atoms with Crippen LogP contribution in [0.25, 0.3) is 11.1 Å². The summed E-state index contributed by atoms with van der Waals surface area (Å²) in [7, 11) is 1.75. The van der Waals surface area contributed by atoms with Crippen molar-refractivity contribution in [3.8, 4) is 0 Å². The number of nitrogens with zero attached hydrogens (tertiary/aromatic N) is 2. The Morgan fingerprint density at radius 2 is 2.46 bits per heavy atom. The number of oxazole rings is 1. The van der Waals surface area contributed by atoms with Crippen LogP contribution in [0.4, 0.5) is 0 Å². The Kier molecular flexibility index (Phi) is 1.96. The maximum Gasteiger partial charge on any atom is 0.181 e. The molecule has 0 bridgehead atoms. The van der Waals surface area contributed by atoms with Crippen LogP contribution in [0.3, 0.4) is 0 Å². The number of benzene rings is 1. The normalized spacial score (nSPS) is 11.2. The number of aromatic nitrogens is 1. The Hall–Kier alpha value is -1.84. The molecule has 66 valence electrons. The minimum Gasteiger partial charge on any atom is -0.443 e. The van der Waals surface area contributed by atoms with Gasteiger partial charge in [-0.05, 0) is 17.7 Å². The van der Waals surface area contributed by atoms with Crippen molar-refractivity contribution in [2.45, 2.75) is 0 Å². The molecule has 1 aromatic heterocycles. The Bertz CT molecular complexity index is 433. The molecule has 1 aromatic carbocycles. The first-order valence-electron chi connectivity index (χ1n) is 3.93. The maximum atomic E-state index is 5.15. The van der Waals surface area contributed by atoms with Crippen molar-refractivity contribution in [3.05, 3.63) is 30.2 Å². The molecule has 0 unspecified atom stereocenters. The fourth-order valence-corrected chi connectivity index (χ4v) is 1.09. The number of fused-ring (bicyclic) bond motifs is 1. The highest BCUT2D eigenvalue weighted by Gasteiger charge is 1.97. The number of rotatable bonds is 2. The smallest absolute Gasteiger partial charge is 0.181 e. The lowest BCUT2D eigenvalue weighted by atomic mass is 10.2. The molecule has 0 radical (unpaired) electrons.